The maximum atomic E-state index is 5.60. The van der Waals surface area contributed by atoms with E-state index in [1.807, 2.05) is 22.7 Å². The Morgan fingerprint density at radius 3 is 2.30 bits per heavy atom. The summed E-state index contributed by atoms with van der Waals surface area (Å²) in [7, 11) is 0. The Labute approximate surface area is 311 Å². The van der Waals surface area contributed by atoms with Crippen molar-refractivity contribution in [1.82, 2.24) is 14.5 Å². The van der Waals surface area contributed by atoms with Gasteiger partial charge in [0.2, 0.25) is 5.95 Å². The fraction of sp³-hybridized carbons (Fsp3) is 0.0417. The van der Waals surface area contributed by atoms with Crippen molar-refractivity contribution in [2.45, 2.75) is 12.8 Å². The van der Waals surface area contributed by atoms with E-state index in [-0.39, 0.29) is 0 Å². The van der Waals surface area contributed by atoms with Gasteiger partial charge in [0.1, 0.15) is 0 Å². The van der Waals surface area contributed by atoms with Crippen molar-refractivity contribution in [1.29, 1.82) is 0 Å². The van der Waals surface area contributed by atoms with E-state index in [9.17, 15) is 0 Å². The van der Waals surface area contributed by atoms with Gasteiger partial charge in [-0.1, -0.05) is 97.1 Å². The van der Waals surface area contributed by atoms with E-state index in [4.69, 9.17) is 9.97 Å². The van der Waals surface area contributed by atoms with Gasteiger partial charge < -0.3 is 0 Å². The second-order valence-electron chi connectivity index (χ2n) is 14.4. The molecule has 2 aliphatic rings. The quantitative estimate of drug-likeness (QED) is 0.171. The van der Waals surface area contributed by atoms with E-state index < -0.39 is 0 Å². The van der Waals surface area contributed by atoms with Crippen LogP contribution in [0, 0.1) is 0 Å². The van der Waals surface area contributed by atoms with Crippen LogP contribution in [0.25, 0.3) is 119 Å². The molecule has 3 nitrogen and oxygen atoms in total. The average molecular weight is 710 g/mol. The molecule has 5 heteroatoms. The van der Waals surface area contributed by atoms with Gasteiger partial charge >= 0.3 is 0 Å². The second-order valence-corrected chi connectivity index (χ2v) is 16.5. The molecule has 246 valence electrons. The number of thiophene rings is 2. The first-order valence-electron chi connectivity index (χ1n) is 18.2. The first-order valence-corrected chi connectivity index (χ1v) is 19.9. The van der Waals surface area contributed by atoms with Crippen LogP contribution in [-0.2, 0) is 6.42 Å². The van der Waals surface area contributed by atoms with Crippen LogP contribution in [0.3, 0.4) is 0 Å². The summed E-state index contributed by atoms with van der Waals surface area (Å²) in [6.45, 7) is 0. The topological polar surface area (TPSA) is 30.7 Å². The lowest BCUT2D eigenvalue weighted by molar-refractivity contribution is 0.982. The molecule has 0 fully saturated rings. The molecule has 0 saturated carbocycles. The van der Waals surface area contributed by atoms with Crippen molar-refractivity contribution in [3.63, 3.8) is 0 Å². The molecule has 0 aliphatic heterocycles. The maximum absolute atomic E-state index is 5.60. The number of hydrogen-bond donors (Lipinski definition) is 0. The minimum atomic E-state index is 0.731. The van der Waals surface area contributed by atoms with Crippen LogP contribution in [0.15, 0.2) is 133 Å². The summed E-state index contributed by atoms with van der Waals surface area (Å²) in [5.74, 6) is 0.731. The summed E-state index contributed by atoms with van der Waals surface area (Å²) in [5, 5.41) is 10.5. The summed E-state index contributed by atoms with van der Waals surface area (Å²) < 4.78 is 6.18. The van der Waals surface area contributed by atoms with Gasteiger partial charge in [-0.15, -0.1) is 22.7 Å². The highest BCUT2D eigenvalue weighted by Crippen LogP contribution is 2.54. The number of aryl methyl sites for hydroxylation is 1. The summed E-state index contributed by atoms with van der Waals surface area (Å²) in [5.41, 5.74) is 11.9. The van der Waals surface area contributed by atoms with E-state index in [0.717, 1.165) is 51.3 Å². The van der Waals surface area contributed by atoms with E-state index in [1.54, 1.807) is 0 Å². The number of hydrogen-bond acceptors (Lipinski definition) is 4. The molecule has 0 amide bonds. The molecule has 0 N–H and O–H groups in total. The molecule has 0 bridgehead atoms. The van der Waals surface area contributed by atoms with Crippen LogP contribution in [0.2, 0.25) is 0 Å². The van der Waals surface area contributed by atoms with Crippen molar-refractivity contribution in [3.05, 3.63) is 144 Å². The number of nitrogens with zero attached hydrogens (tertiary/aromatic N) is 3. The SMILES string of the molecule is C1=Cc2sc3c(-c4cccc(-c5ccccc5)c4)nc(-n4c5ccc6cc7ccccc7c7c6c5c5c6c(ccc54)sc4cccc-7c46)nc3c2CC1. The van der Waals surface area contributed by atoms with E-state index in [1.165, 1.54) is 85.2 Å². The summed E-state index contributed by atoms with van der Waals surface area (Å²) in [6, 6.07) is 46.9. The van der Waals surface area contributed by atoms with Gasteiger partial charge in [-0.25, -0.2) is 9.97 Å². The molecule has 2 aliphatic carbocycles. The zero-order valence-corrected chi connectivity index (χ0v) is 30.0. The molecule has 4 heterocycles. The predicted molar refractivity (Wildman–Crippen MR) is 227 cm³/mol. The van der Waals surface area contributed by atoms with Crippen molar-refractivity contribution in [3.8, 4) is 39.5 Å². The van der Waals surface area contributed by atoms with Crippen molar-refractivity contribution >= 4 is 102 Å². The third-order valence-corrected chi connectivity index (χ3v) is 13.9. The van der Waals surface area contributed by atoms with Crippen LogP contribution < -0.4 is 0 Å². The Balaban J connectivity index is 1.20. The number of benzene rings is 7. The van der Waals surface area contributed by atoms with Crippen LogP contribution in [0.5, 0.6) is 0 Å². The first-order chi connectivity index (χ1) is 26.3. The first kappa shape index (κ1) is 28.4. The molecule has 0 radical (unpaired) electrons. The molecule has 53 heavy (non-hydrogen) atoms. The molecule has 0 spiro atoms. The lowest BCUT2D eigenvalue weighted by Crippen LogP contribution is -2.04. The molecule has 7 aromatic carbocycles. The van der Waals surface area contributed by atoms with Gasteiger partial charge in [0.25, 0.3) is 0 Å². The molecule has 0 saturated heterocycles. The van der Waals surface area contributed by atoms with Gasteiger partial charge in [0, 0.05) is 46.8 Å². The highest BCUT2D eigenvalue weighted by molar-refractivity contribution is 7.26. The minimum Gasteiger partial charge on any atom is -0.278 e. The van der Waals surface area contributed by atoms with Crippen molar-refractivity contribution in [2.24, 2.45) is 0 Å². The molecule has 0 unspecified atom stereocenters. The Morgan fingerprint density at radius 2 is 1.36 bits per heavy atom. The largest absolute Gasteiger partial charge is 0.278 e. The summed E-state index contributed by atoms with van der Waals surface area (Å²) in [6.07, 6.45) is 6.60. The maximum Gasteiger partial charge on any atom is 0.235 e. The van der Waals surface area contributed by atoms with Gasteiger partial charge in [0.15, 0.2) is 0 Å². The molecular weight excluding hydrogens is 683 g/mol. The number of aromatic nitrogens is 3. The van der Waals surface area contributed by atoms with E-state index >= 15 is 0 Å². The fourth-order valence-electron chi connectivity index (χ4n) is 9.36. The number of rotatable bonds is 3. The lowest BCUT2D eigenvalue weighted by Gasteiger charge is -2.15. The highest BCUT2D eigenvalue weighted by atomic mass is 32.1. The fourth-order valence-corrected chi connectivity index (χ4v) is 11.7. The van der Waals surface area contributed by atoms with Crippen molar-refractivity contribution in [2.75, 3.05) is 0 Å². The third-order valence-electron chi connectivity index (χ3n) is 11.6. The Kier molecular flexibility index (Phi) is 5.50. The Hall–Kier alpha value is -6.14. The van der Waals surface area contributed by atoms with E-state index in [2.05, 4.69) is 144 Å². The zero-order chi connectivity index (χ0) is 34.4. The van der Waals surface area contributed by atoms with Gasteiger partial charge in [-0.2, -0.15) is 0 Å². The third kappa shape index (κ3) is 3.73. The number of allylic oxidation sites excluding steroid dienone is 1. The molecule has 11 aromatic rings. The van der Waals surface area contributed by atoms with Crippen LogP contribution in [0.4, 0.5) is 0 Å². The lowest BCUT2D eigenvalue weighted by atomic mass is 9.90. The smallest absolute Gasteiger partial charge is 0.235 e. The zero-order valence-electron chi connectivity index (χ0n) is 28.4. The van der Waals surface area contributed by atoms with Gasteiger partial charge in [-0.3, -0.25) is 4.57 Å². The van der Waals surface area contributed by atoms with Gasteiger partial charge in [-0.05, 0) is 99.3 Å². The summed E-state index contributed by atoms with van der Waals surface area (Å²) >= 11 is 3.73. The standard InChI is InChI=1S/C48H27N3S2/c1-2-10-26(11-3-1)27-13-8-14-30(24-27)45-47-46(32-16-6-7-18-36(32)53-47)50-48(49-45)51-34-21-20-29-25-28-12-4-5-15-31(28)40-33-17-9-19-37-41(33)44-38(52-37)23-22-35(51)43(44)42(34)39(29)40/h1-5,7-15,17-25H,6,16H2. The second kappa shape index (κ2) is 10.3. The molecular formula is C48H27N3S2. The summed E-state index contributed by atoms with van der Waals surface area (Å²) in [4.78, 5) is 12.5. The highest BCUT2D eigenvalue weighted by Gasteiger charge is 2.28. The average Bonchev–Trinajstić information content (AvgIpc) is 3.86. The normalized spacial score (nSPS) is 13.4. The molecule has 4 aromatic heterocycles. The van der Waals surface area contributed by atoms with Crippen LogP contribution >= 0.6 is 22.7 Å². The molecule has 13 rings (SSSR count). The Morgan fingerprint density at radius 1 is 0.566 bits per heavy atom. The van der Waals surface area contributed by atoms with Crippen molar-refractivity contribution < 1.29 is 0 Å². The minimum absolute atomic E-state index is 0.731. The monoisotopic (exact) mass is 709 g/mol. The molecule has 0 atom stereocenters. The predicted octanol–water partition coefficient (Wildman–Crippen LogP) is 13.7. The van der Waals surface area contributed by atoms with Crippen LogP contribution in [0.1, 0.15) is 16.9 Å². The van der Waals surface area contributed by atoms with E-state index in [0.29, 0.717) is 0 Å². The van der Waals surface area contributed by atoms with Crippen LogP contribution in [-0.4, -0.2) is 14.5 Å². The van der Waals surface area contributed by atoms with Gasteiger partial charge in [0.05, 0.1) is 26.9 Å². The Bertz CT molecular complexity index is 3450. The number of fused-ring (bicyclic) bond motifs is 6.